The van der Waals surface area contributed by atoms with Crippen molar-refractivity contribution in [1.82, 2.24) is 9.80 Å². The second kappa shape index (κ2) is 10.1. The number of phenols is 1. The van der Waals surface area contributed by atoms with Crippen molar-refractivity contribution in [2.24, 2.45) is 0 Å². The molecule has 2 aromatic carbocycles. The Morgan fingerprint density at radius 2 is 1.82 bits per heavy atom. The summed E-state index contributed by atoms with van der Waals surface area (Å²) in [5, 5.41) is 21.2. The molecule has 8 heteroatoms. The van der Waals surface area contributed by atoms with Gasteiger partial charge >= 0.3 is 0 Å². The third-order valence-corrected chi connectivity index (χ3v) is 5.95. The Morgan fingerprint density at radius 3 is 2.52 bits per heavy atom. The number of aromatic hydroxyl groups is 1. The minimum atomic E-state index is -0.800. The fourth-order valence-electron chi connectivity index (χ4n) is 4.25. The molecule has 0 unspecified atom stereocenters. The first-order valence-electron chi connectivity index (χ1n) is 11.1. The Balaban J connectivity index is 1.76. The SMILES string of the molecule is CCOc1cc([C@@H]2C(=C(O)c3ccccc3)C(=O)C(=O)N2CCN2CCOCC2)ccc1O. The molecule has 2 fully saturated rings. The summed E-state index contributed by atoms with van der Waals surface area (Å²) in [4.78, 5) is 29.9. The molecule has 2 aliphatic heterocycles. The predicted molar refractivity (Wildman–Crippen MR) is 122 cm³/mol. The molecule has 8 nitrogen and oxygen atoms in total. The number of ether oxygens (including phenoxy) is 2. The maximum absolute atomic E-state index is 13.1. The fraction of sp³-hybridized carbons (Fsp3) is 0.360. The highest BCUT2D eigenvalue weighted by Gasteiger charge is 2.46. The molecule has 0 radical (unpaired) electrons. The largest absolute Gasteiger partial charge is 0.507 e. The lowest BCUT2D eigenvalue weighted by atomic mass is 9.95. The van der Waals surface area contributed by atoms with Gasteiger partial charge in [-0.2, -0.15) is 0 Å². The number of ketones is 1. The highest BCUT2D eigenvalue weighted by atomic mass is 16.5. The molecule has 4 rings (SSSR count). The van der Waals surface area contributed by atoms with Crippen molar-refractivity contribution in [2.75, 3.05) is 46.0 Å². The van der Waals surface area contributed by atoms with Gasteiger partial charge in [-0.1, -0.05) is 36.4 Å². The number of rotatable bonds is 7. The lowest BCUT2D eigenvalue weighted by molar-refractivity contribution is -0.140. The summed E-state index contributed by atoms with van der Waals surface area (Å²) >= 11 is 0. The van der Waals surface area contributed by atoms with E-state index in [2.05, 4.69) is 4.90 Å². The van der Waals surface area contributed by atoms with Gasteiger partial charge in [0.25, 0.3) is 11.7 Å². The van der Waals surface area contributed by atoms with Gasteiger partial charge in [0.1, 0.15) is 5.76 Å². The summed E-state index contributed by atoms with van der Waals surface area (Å²) in [5.41, 5.74) is 1.06. The molecular weight excluding hydrogens is 424 g/mol. The molecule has 174 valence electrons. The quantitative estimate of drug-likeness (QED) is 0.378. The molecule has 0 saturated carbocycles. The number of amides is 1. The van der Waals surface area contributed by atoms with Gasteiger partial charge < -0.3 is 24.6 Å². The monoisotopic (exact) mass is 452 g/mol. The fourth-order valence-corrected chi connectivity index (χ4v) is 4.25. The van der Waals surface area contributed by atoms with E-state index < -0.39 is 17.7 Å². The zero-order valence-corrected chi connectivity index (χ0v) is 18.6. The van der Waals surface area contributed by atoms with Crippen molar-refractivity contribution in [3.05, 3.63) is 65.2 Å². The van der Waals surface area contributed by atoms with Crippen LogP contribution >= 0.6 is 0 Å². The third kappa shape index (κ3) is 4.72. The van der Waals surface area contributed by atoms with Crippen LogP contribution in [0.3, 0.4) is 0 Å². The normalized spacial score (nSPS) is 20.9. The molecule has 1 amide bonds. The van der Waals surface area contributed by atoms with E-state index >= 15 is 0 Å². The summed E-state index contributed by atoms with van der Waals surface area (Å²) in [6, 6.07) is 12.6. The highest BCUT2D eigenvalue weighted by molar-refractivity contribution is 6.46. The van der Waals surface area contributed by atoms with Crippen LogP contribution in [0.25, 0.3) is 5.76 Å². The predicted octanol–water partition coefficient (Wildman–Crippen LogP) is 2.54. The summed E-state index contributed by atoms with van der Waals surface area (Å²) in [5.74, 6) is -1.38. The van der Waals surface area contributed by atoms with Crippen LogP contribution in [-0.4, -0.2) is 77.7 Å². The van der Waals surface area contributed by atoms with Crippen LogP contribution in [0.5, 0.6) is 11.5 Å². The van der Waals surface area contributed by atoms with Gasteiger partial charge in [-0.15, -0.1) is 0 Å². The second-order valence-electron chi connectivity index (χ2n) is 7.97. The molecule has 0 aromatic heterocycles. The van der Waals surface area contributed by atoms with Crippen molar-refractivity contribution in [3.8, 4) is 11.5 Å². The molecule has 2 aliphatic rings. The molecule has 33 heavy (non-hydrogen) atoms. The average Bonchev–Trinajstić information content (AvgIpc) is 3.10. The molecule has 0 aliphatic carbocycles. The Hall–Kier alpha value is -3.36. The second-order valence-corrected chi connectivity index (χ2v) is 7.97. The maximum atomic E-state index is 13.1. The number of aliphatic hydroxyl groups is 1. The molecule has 2 aromatic rings. The first kappa shape index (κ1) is 22.8. The Bertz CT molecular complexity index is 1050. The van der Waals surface area contributed by atoms with E-state index in [1.807, 2.05) is 6.07 Å². The van der Waals surface area contributed by atoms with Crippen LogP contribution in [0.15, 0.2) is 54.1 Å². The van der Waals surface area contributed by atoms with Gasteiger partial charge in [-0.25, -0.2) is 0 Å². The van der Waals surface area contributed by atoms with Crippen LogP contribution in [0.1, 0.15) is 24.1 Å². The molecule has 0 bridgehead atoms. The standard InChI is InChI=1S/C25H28N2O6/c1-2-33-20-16-18(8-9-19(20)28)22-21(23(29)17-6-4-3-5-7-17)24(30)25(31)27(22)11-10-26-12-14-32-15-13-26/h3-9,16,22,28-29H,2,10-15H2,1H3/t22-/m1/s1. The Labute approximate surface area is 192 Å². The van der Waals surface area contributed by atoms with Crippen molar-refractivity contribution in [3.63, 3.8) is 0 Å². The number of Topliss-reactive ketones (excluding diaryl/α,β-unsaturated/α-hetero) is 1. The molecular formula is C25H28N2O6. The van der Waals surface area contributed by atoms with Crippen molar-refractivity contribution in [1.29, 1.82) is 0 Å². The van der Waals surface area contributed by atoms with Gasteiger partial charge in [0.05, 0.1) is 31.4 Å². The first-order valence-corrected chi connectivity index (χ1v) is 11.1. The van der Waals surface area contributed by atoms with Crippen molar-refractivity contribution >= 4 is 17.4 Å². The number of hydrogen-bond donors (Lipinski definition) is 2. The average molecular weight is 453 g/mol. The molecule has 2 N–H and O–H groups in total. The maximum Gasteiger partial charge on any atom is 0.295 e. The van der Waals surface area contributed by atoms with Gasteiger partial charge in [0.15, 0.2) is 11.5 Å². The molecule has 1 atom stereocenters. The van der Waals surface area contributed by atoms with E-state index in [-0.39, 0.29) is 22.8 Å². The first-order chi connectivity index (χ1) is 16.0. The summed E-state index contributed by atoms with van der Waals surface area (Å²) in [7, 11) is 0. The summed E-state index contributed by atoms with van der Waals surface area (Å²) in [6.45, 7) is 5.81. The number of benzene rings is 2. The topological polar surface area (TPSA) is 99.5 Å². The Morgan fingerprint density at radius 1 is 1.09 bits per heavy atom. The zero-order valence-electron chi connectivity index (χ0n) is 18.6. The lowest BCUT2D eigenvalue weighted by Crippen LogP contribution is -2.42. The van der Waals surface area contributed by atoms with Gasteiger partial charge in [-0.05, 0) is 24.6 Å². The van der Waals surface area contributed by atoms with Gasteiger partial charge in [-0.3, -0.25) is 14.5 Å². The number of carbonyl (C=O) groups is 2. The number of carbonyl (C=O) groups excluding carboxylic acids is 2. The number of phenolic OH excluding ortho intramolecular Hbond substituents is 1. The van der Waals surface area contributed by atoms with E-state index in [9.17, 15) is 19.8 Å². The van der Waals surface area contributed by atoms with Crippen LogP contribution in [0.2, 0.25) is 0 Å². The number of nitrogens with zero attached hydrogens (tertiary/aromatic N) is 2. The van der Waals surface area contributed by atoms with E-state index in [0.29, 0.717) is 44.0 Å². The van der Waals surface area contributed by atoms with E-state index in [4.69, 9.17) is 9.47 Å². The minimum Gasteiger partial charge on any atom is -0.507 e. The van der Waals surface area contributed by atoms with E-state index in [1.165, 1.54) is 11.0 Å². The third-order valence-electron chi connectivity index (χ3n) is 5.95. The summed E-state index contributed by atoms with van der Waals surface area (Å²) in [6.07, 6.45) is 0. The molecule has 0 spiro atoms. The van der Waals surface area contributed by atoms with E-state index in [0.717, 1.165) is 13.1 Å². The molecule has 2 heterocycles. The number of hydrogen-bond acceptors (Lipinski definition) is 7. The van der Waals surface area contributed by atoms with Gasteiger partial charge in [0.2, 0.25) is 0 Å². The number of morpholine rings is 1. The van der Waals surface area contributed by atoms with Crippen LogP contribution in [-0.2, 0) is 14.3 Å². The molecule has 2 saturated heterocycles. The smallest absolute Gasteiger partial charge is 0.295 e. The van der Waals surface area contributed by atoms with Gasteiger partial charge in [0, 0.05) is 31.7 Å². The highest BCUT2D eigenvalue weighted by Crippen LogP contribution is 2.41. The van der Waals surface area contributed by atoms with Crippen LogP contribution in [0.4, 0.5) is 0 Å². The van der Waals surface area contributed by atoms with Crippen molar-refractivity contribution < 1.29 is 29.3 Å². The lowest BCUT2D eigenvalue weighted by Gasteiger charge is -2.31. The minimum absolute atomic E-state index is 0.0290. The van der Waals surface area contributed by atoms with Crippen molar-refractivity contribution in [2.45, 2.75) is 13.0 Å². The number of aliphatic hydroxyl groups excluding tert-OH is 1. The van der Waals surface area contributed by atoms with E-state index in [1.54, 1.807) is 43.3 Å². The van der Waals surface area contributed by atoms with Crippen LogP contribution in [0, 0.1) is 0 Å². The summed E-state index contributed by atoms with van der Waals surface area (Å²) < 4.78 is 10.9. The number of likely N-dealkylation sites (tertiary alicyclic amines) is 1. The zero-order chi connectivity index (χ0) is 23.4. The van der Waals surface area contributed by atoms with Crippen LogP contribution < -0.4 is 4.74 Å². The Kier molecular flexibility index (Phi) is 6.96.